The smallest absolute Gasteiger partial charge is 0.355 e. The molecule has 1 aliphatic heterocycles. The van der Waals surface area contributed by atoms with Gasteiger partial charge >= 0.3 is 5.97 Å². The summed E-state index contributed by atoms with van der Waals surface area (Å²) in [6.45, 7) is 4.43. The molecule has 2 heterocycles. The Morgan fingerprint density at radius 2 is 2.40 bits per heavy atom. The van der Waals surface area contributed by atoms with Crippen LogP contribution in [0.25, 0.3) is 0 Å². The fraction of sp³-hybridized carbons (Fsp3) is 0.583. The normalized spacial score (nSPS) is 16.6. The Labute approximate surface area is 125 Å². The van der Waals surface area contributed by atoms with Crippen LogP contribution < -0.4 is 0 Å². The first-order chi connectivity index (χ1) is 9.61. The van der Waals surface area contributed by atoms with Crippen LogP contribution in [0.4, 0.5) is 0 Å². The van der Waals surface area contributed by atoms with E-state index in [0.29, 0.717) is 13.0 Å². The summed E-state index contributed by atoms with van der Waals surface area (Å²) >= 11 is 2.82. The van der Waals surface area contributed by atoms with Crippen LogP contribution in [0, 0.1) is 0 Å². The molecule has 1 saturated heterocycles. The third-order valence-corrected chi connectivity index (χ3v) is 5.03. The highest BCUT2D eigenvalue weighted by Gasteiger charge is 2.24. The average Bonchev–Trinajstić information content (AvgIpc) is 2.89. The maximum atomic E-state index is 11.9. The maximum absolute atomic E-state index is 11.9. The molecule has 0 aromatic carbocycles. The van der Waals surface area contributed by atoms with Gasteiger partial charge in [-0.1, -0.05) is 18.7 Å². The molecule has 0 radical (unpaired) electrons. The number of nitrogens with zero attached hydrogens (tertiary/aromatic N) is 3. The van der Waals surface area contributed by atoms with Gasteiger partial charge in [-0.2, -0.15) is 0 Å². The van der Waals surface area contributed by atoms with Crippen molar-refractivity contribution in [2.45, 2.75) is 24.1 Å². The van der Waals surface area contributed by atoms with Gasteiger partial charge in [-0.25, -0.2) is 14.8 Å². The summed E-state index contributed by atoms with van der Waals surface area (Å²) in [6.07, 6.45) is 1.53. The molecule has 8 heteroatoms. The third kappa shape index (κ3) is 3.71. The molecular weight excluding hydrogens is 298 g/mol. The lowest BCUT2D eigenvalue weighted by Crippen LogP contribution is -2.51. The first-order valence-electron chi connectivity index (χ1n) is 6.48. The topological polar surface area (TPSA) is 73.7 Å². The molecule has 0 aliphatic carbocycles. The molecule has 0 saturated carbocycles. The molecule has 0 unspecified atom stereocenters. The Balaban J connectivity index is 1.84. The number of hydrazine groups is 1. The summed E-state index contributed by atoms with van der Waals surface area (Å²) in [5, 5.41) is 14.2. The van der Waals surface area contributed by atoms with E-state index in [1.165, 1.54) is 28.5 Å². The quantitative estimate of drug-likeness (QED) is 0.807. The van der Waals surface area contributed by atoms with Crippen molar-refractivity contribution in [2.24, 2.45) is 0 Å². The van der Waals surface area contributed by atoms with E-state index >= 15 is 0 Å². The minimum absolute atomic E-state index is 0.0849. The number of aromatic nitrogens is 1. The van der Waals surface area contributed by atoms with E-state index in [1.54, 1.807) is 0 Å². The number of hydrogen-bond acceptors (Lipinski definition) is 6. The minimum atomic E-state index is -1.00. The molecule has 0 bridgehead atoms. The van der Waals surface area contributed by atoms with Gasteiger partial charge in [-0.3, -0.25) is 9.80 Å². The van der Waals surface area contributed by atoms with Crippen LogP contribution in [0.15, 0.2) is 9.72 Å². The summed E-state index contributed by atoms with van der Waals surface area (Å²) in [4.78, 5) is 26.6. The molecule has 110 valence electrons. The SMILES string of the molecule is CCN1CCCC(=O)N1CCSc1nc(C(=O)O)cs1. The van der Waals surface area contributed by atoms with Crippen molar-refractivity contribution >= 4 is 35.0 Å². The van der Waals surface area contributed by atoms with Gasteiger partial charge in [0.15, 0.2) is 10.0 Å². The van der Waals surface area contributed by atoms with E-state index < -0.39 is 5.97 Å². The summed E-state index contributed by atoms with van der Waals surface area (Å²) in [5.74, 6) is -0.116. The van der Waals surface area contributed by atoms with Gasteiger partial charge in [0.05, 0.1) is 0 Å². The summed E-state index contributed by atoms with van der Waals surface area (Å²) in [6, 6.07) is 0. The molecule has 1 aromatic heterocycles. The number of aromatic carboxylic acids is 1. The highest BCUT2D eigenvalue weighted by molar-refractivity contribution is 8.01. The highest BCUT2D eigenvalue weighted by atomic mass is 32.2. The summed E-state index contributed by atoms with van der Waals surface area (Å²) < 4.78 is 0.731. The first kappa shape index (κ1) is 15.3. The fourth-order valence-electron chi connectivity index (χ4n) is 2.06. The second-order valence-electron chi connectivity index (χ2n) is 4.32. The number of carboxylic acids is 1. The first-order valence-corrected chi connectivity index (χ1v) is 8.35. The number of carbonyl (C=O) groups is 2. The lowest BCUT2D eigenvalue weighted by Gasteiger charge is -2.37. The van der Waals surface area contributed by atoms with Crippen LogP contribution >= 0.6 is 23.1 Å². The Bertz CT molecular complexity index is 492. The lowest BCUT2D eigenvalue weighted by atomic mass is 10.2. The van der Waals surface area contributed by atoms with E-state index in [0.717, 1.165) is 29.6 Å². The van der Waals surface area contributed by atoms with Crippen molar-refractivity contribution in [3.63, 3.8) is 0 Å². The van der Waals surface area contributed by atoms with E-state index in [2.05, 4.69) is 9.99 Å². The lowest BCUT2D eigenvalue weighted by molar-refractivity contribution is -0.154. The third-order valence-electron chi connectivity index (χ3n) is 3.03. The minimum Gasteiger partial charge on any atom is -0.476 e. The van der Waals surface area contributed by atoms with Gasteiger partial charge in [0.25, 0.3) is 0 Å². The fourth-order valence-corrected chi connectivity index (χ4v) is 3.84. The predicted octanol–water partition coefficient (Wildman–Crippen LogP) is 1.79. The zero-order valence-corrected chi connectivity index (χ0v) is 12.9. The summed E-state index contributed by atoms with van der Waals surface area (Å²) in [5.41, 5.74) is 0.0849. The van der Waals surface area contributed by atoms with Gasteiger partial charge in [0.2, 0.25) is 5.91 Å². The van der Waals surface area contributed by atoms with Gasteiger partial charge < -0.3 is 5.11 Å². The molecule has 0 spiro atoms. The van der Waals surface area contributed by atoms with Crippen molar-refractivity contribution in [2.75, 3.05) is 25.4 Å². The van der Waals surface area contributed by atoms with Crippen LogP contribution in [0.5, 0.6) is 0 Å². The van der Waals surface area contributed by atoms with Crippen LogP contribution in [0.1, 0.15) is 30.3 Å². The van der Waals surface area contributed by atoms with Crippen LogP contribution in [-0.2, 0) is 4.79 Å². The second kappa shape index (κ2) is 7.05. The van der Waals surface area contributed by atoms with E-state index in [4.69, 9.17) is 5.11 Å². The van der Waals surface area contributed by atoms with E-state index in [-0.39, 0.29) is 11.6 Å². The number of hydrogen-bond donors (Lipinski definition) is 1. The van der Waals surface area contributed by atoms with Gasteiger partial charge in [0, 0.05) is 37.2 Å². The van der Waals surface area contributed by atoms with E-state index in [1.807, 2.05) is 11.9 Å². The Morgan fingerprint density at radius 1 is 1.60 bits per heavy atom. The Hall–Kier alpha value is -1.12. The molecule has 2 rings (SSSR count). The number of carboxylic acid groups (broad SMARTS) is 1. The molecule has 1 aromatic rings. The molecule has 20 heavy (non-hydrogen) atoms. The summed E-state index contributed by atoms with van der Waals surface area (Å²) in [7, 11) is 0. The van der Waals surface area contributed by atoms with E-state index in [9.17, 15) is 9.59 Å². The van der Waals surface area contributed by atoms with Crippen LogP contribution in [0.2, 0.25) is 0 Å². The van der Waals surface area contributed by atoms with Crippen molar-refractivity contribution in [1.82, 2.24) is 15.0 Å². The van der Waals surface area contributed by atoms with Gasteiger partial charge in [0.1, 0.15) is 0 Å². The second-order valence-corrected chi connectivity index (χ2v) is 6.52. The number of thioether (sulfide) groups is 1. The highest BCUT2D eigenvalue weighted by Crippen LogP contribution is 2.23. The molecule has 1 amide bonds. The van der Waals surface area contributed by atoms with Crippen molar-refractivity contribution < 1.29 is 14.7 Å². The number of rotatable bonds is 6. The standard InChI is InChI=1S/C12H17N3O3S2/c1-2-14-5-3-4-10(16)15(14)6-7-19-12-13-9(8-20-12)11(17)18/h8H,2-7H2,1H3,(H,17,18). The number of carbonyl (C=O) groups excluding carboxylic acids is 1. The molecule has 0 atom stereocenters. The number of amides is 1. The maximum Gasteiger partial charge on any atom is 0.355 e. The molecular formula is C12H17N3O3S2. The predicted molar refractivity (Wildman–Crippen MR) is 78.0 cm³/mol. The Kier molecular flexibility index (Phi) is 5.38. The molecule has 1 N–H and O–H groups in total. The molecule has 1 aliphatic rings. The Morgan fingerprint density at radius 3 is 3.05 bits per heavy atom. The number of thiazole rings is 1. The average molecular weight is 315 g/mol. The van der Waals surface area contributed by atoms with Crippen molar-refractivity contribution in [3.8, 4) is 0 Å². The van der Waals surface area contributed by atoms with Crippen molar-refractivity contribution in [1.29, 1.82) is 0 Å². The van der Waals surface area contributed by atoms with Gasteiger partial charge in [-0.05, 0) is 6.42 Å². The van der Waals surface area contributed by atoms with Crippen molar-refractivity contribution in [3.05, 3.63) is 11.1 Å². The van der Waals surface area contributed by atoms with Crippen LogP contribution in [-0.4, -0.2) is 57.4 Å². The zero-order valence-electron chi connectivity index (χ0n) is 11.2. The molecule has 1 fully saturated rings. The largest absolute Gasteiger partial charge is 0.476 e. The van der Waals surface area contributed by atoms with Gasteiger partial charge in [-0.15, -0.1) is 11.3 Å². The monoisotopic (exact) mass is 315 g/mol. The molecule has 6 nitrogen and oxygen atoms in total. The zero-order chi connectivity index (χ0) is 14.5. The van der Waals surface area contributed by atoms with Crippen LogP contribution in [0.3, 0.4) is 0 Å².